The molecule has 0 heterocycles. The molecule has 0 aromatic heterocycles. The van der Waals surface area contributed by atoms with Gasteiger partial charge in [0.15, 0.2) is 0 Å². The Morgan fingerprint density at radius 3 is 2.24 bits per heavy atom. The molecule has 2 aromatic carbocycles. The zero-order valence-electron chi connectivity index (χ0n) is 11.9. The van der Waals surface area contributed by atoms with Crippen molar-refractivity contribution in [2.75, 3.05) is 24.7 Å². The van der Waals surface area contributed by atoms with Crippen molar-refractivity contribution in [1.82, 2.24) is 0 Å². The number of hydrogen-bond acceptors (Lipinski definition) is 3. The Balaban J connectivity index is 2.12. The second-order valence-corrected chi connectivity index (χ2v) is 4.64. The minimum Gasteiger partial charge on any atom is -0.370 e. The van der Waals surface area contributed by atoms with Gasteiger partial charge < -0.3 is 15.4 Å². The molecule has 110 valence electrons. The molecule has 2 aromatic rings. The minimum atomic E-state index is -0.0708. The van der Waals surface area contributed by atoms with Crippen LogP contribution in [0.2, 0.25) is 0 Å². The Morgan fingerprint density at radius 1 is 1.00 bits per heavy atom. The number of anilines is 1. The van der Waals surface area contributed by atoms with Crippen LogP contribution in [0.1, 0.15) is 5.56 Å². The molecular weight excluding hydrogens is 264 g/mol. The van der Waals surface area contributed by atoms with Crippen molar-refractivity contribution in [2.45, 2.75) is 6.54 Å². The maximum absolute atomic E-state index is 12.4. The number of para-hydroxylation sites is 1. The lowest BCUT2D eigenvalue weighted by atomic mass is 10.2. The fraction of sp³-hybridized carbons (Fsp3) is 0.235. The van der Waals surface area contributed by atoms with E-state index in [0.717, 1.165) is 11.3 Å². The van der Waals surface area contributed by atoms with E-state index in [1.54, 1.807) is 4.90 Å². The number of carbonyl (C=O) groups excluding carboxylic acids is 1. The van der Waals surface area contributed by atoms with Crippen molar-refractivity contribution in [3.63, 3.8) is 0 Å². The van der Waals surface area contributed by atoms with Crippen LogP contribution in [0.15, 0.2) is 60.7 Å². The first-order valence-corrected chi connectivity index (χ1v) is 6.98. The first-order chi connectivity index (χ1) is 10.3. The topological polar surface area (TPSA) is 55.6 Å². The smallest absolute Gasteiger partial charge is 0.253 e. The van der Waals surface area contributed by atoms with Gasteiger partial charge in [0, 0.05) is 12.2 Å². The SMILES string of the molecule is NCCOCC(=O)N(Cc1ccccc1)c1ccccc1. The van der Waals surface area contributed by atoms with E-state index >= 15 is 0 Å². The molecule has 21 heavy (non-hydrogen) atoms. The molecule has 2 rings (SSSR count). The van der Waals surface area contributed by atoms with Crippen molar-refractivity contribution in [2.24, 2.45) is 5.73 Å². The predicted octanol–water partition coefficient (Wildman–Crippen LogP) is 2.20. The van der Waals surface area contributed by atoms with E-state index in [2.05, 4.69) is 0 Å². The molecule has 0 atom stereocenters. The lowest BCUT2D eigenvalue weighted by Gasteiger charge is -2.23. The Bertz CT molecular complexity index is 543. The zero-order valence-corrected chi connectivity index (χ0v) is 11.9. The molecule has 1 amide bonds. The summed E-state index contributed by atoms with van der Waals surface area (Å²) in [5.41, 5.74) is 7.32. The minimum absolute atomic E-state index is 0.0406. The van der Waals surface area contributed by atoms with Gasteiger partial charge in [-0.3, -0.25) is 4.79 Å². The van der Waals surface area contributed by atoms with Crippen molar-refractivity contribution < 1.29 is 9.53 Å². The lowest BCUT2D eigenvalue weighted by Crippen LogP contribution is -2.34. The third-order valence-electron chi connectivity index (χ3n) is 3.04. The van der Waals surface area contributed by atoms with Crippen molar-refractivity contribution in [3.05, 3.63) is 66.2 Å². The Morgan fingerprint density at radius 2 is 1.62 bits per heavy atom. The summed E-state index contributed by atoms with van der Waals surface area (Å²) in [7, 11) is 0. The summed E-state index contributed by atoms with van der Waals surface area (Å²) in [4.78, 5) is 14.1. The maximum Gasteiger partial charge on any atom is 0.253 e. The largest absolute Gasteiger partial charge is 0.370 e. The van der Waals surface area contributed by atoms with E-state index < -0.39 is 0 Å². The lowest BCUT2D eigenvalue weighted by molar-refractivity contribution is -0.123. The van der Waals surface area contributed by atoms with E-state index in [4.69, 9.17) is 10.5 Å². The highest BCUT2D eigenvalue weighted by molar-refractivity contribution is 5.94. The number of ether oxygens (including phenoxy) is 1. The number of nitrogens with zero attached hydrogens (tertiary/aromatic N) is 1. The fourth-order valence-electron chi connectivity index (χ4n) is 2.02. The van der Waals surface area contributed by atoms with Gasteiger partial charge >= 0.3 is 0 Å². The number of hydrogen-bond donors (Lipinski definition) is 1. The number of nitrogens with two attached hydrogens (primary N) is 1. The molecule has 0 spiro atoms. The molecule has 4 heteroatoms. The second kappa shape index (κ2) is 8.19. The Labute approximate surface area is 125 Å². The normalized spacial score (nSPS) is 10.3. The number of rotatable bonds is 7. The summed E-state index contributed by atoms with van der Waals surface area (Å²) >= 11 is 0. The number of benzene rings is 2. The van der Waals surface area contributed by atoms with Gasteiger partial charge in [0.2, 0.25) is 0 Å². The van der Waals surface area contributed by atoms with Gasteiger partial charge in [0.05, 0.1) is 13.2 Å². The van der Waals surface area contributed by atoms with E-state index in [1.165, 1.54) is 0 Å². The van der Waals surface area contributed by atoms with Crippen LogP contribution in [-0.4, -0.2) is 25.7 Å². The average molecular weight is 284 g/mol. The molecule has 0 saturated heterocycles. The standard InChI is InChI=1S/C17H20N2O2/c18-11-12-21-14-17(20)19(16-9-5-2-6-10-16)13-15-7-3-1-4-8-15/h1-10H,11-14,18H2. The van der Waals surface area contributed by atoms with Crippen LogP contribution in [0, 0.1) is 0 Å². The third-order valence-corrected chi connectivity index (χ3v) is 3.04. The first kappa shape index (κ1) is 15.2. The van der Waals surface area contributed by atoms with Crippen LogP contribution in [-0.2, 0) is 16.1 Å². The summed E-state index contributed by atoms with van der Waals surface area (Å²) in [5.74, 6) is -0.0708. The van der Waals surface area contributed by atoms with Crippen molar-refractivity contribution in [3.8, 4) is 0 Å². The molecule has 0 radical (unpaired) electrons. The summed E-state index contributed by atoms with van der Waals surface area (Å²) in [6.07, 6.45) is 0. The van der Waals surface area contributed by atoms with Gasteiger partial charge in [0.1, 0.15) is 6.61 Å². The number of carbonyl (C=O) groups is 1. The van der Waals surface area contributed by atoms with Crippen LogP contribution in [0.5, 0.6) is 0 Å². The Hall–Kier alpha value is -2.17. The monoisotopic (exact) mass is 284 g/mol. The highest BCUT2D eigenvalue weighted by Crippen LogP contribution is 2.17. The van der Waals surface area contributed by atoms with E-state index in [9.17, 15) is 4.79 Å². The van der Waals surface area contributed by atoms with Gasteiger partial charge in [-0.05, 0) is 17.7 Å². The van der Waals surface area contributed by atoms with Crippen molar-refractivity contribution >= 4 is 11.6 Å². The molecular formula is C17H20N2O2. The molecule has 0 aliphatic rings. The van der Waals surface area contributed by atoms with E-state index in [1.807, 2.05) is 60.7 Å². The van der Waals surface area contributed by atoms with E-state index in [-0.39, 0.29) is 12.5 Å². The Kier molecular flexibility index (Phi) is 5.94. The highest BCUT2D eigenvalue weighted by Gasteiger charge is 2.16. The summed E-state index contributed by atoms with van der Waals surface area (Å²) < 4.78 is 5.27. The molecule has 0 bridgehead atoms. The maximum atomic E-state index is 12.4. The molecule has 0 aliphatic carbocycles. The van der Waals surface area contributed by atoms with Crippen LogP contribution in [0.25, 0.3) is 0 Å². The predicted molar refractivity (Wildman–Crippen MR) is 83.9 cm³/mol. The van der Waals surface area contributed by atoms with Crippen LogP contribution in [0.4, 0.5) is 5.69 Å². The first-order valence-electron chi connectivity index (χ1n) is 6.98. The highest BCUT2D eigenvalue weighted by atomic mass is 16.5. The van der Waals surface area contributed by atoms with Crippen LogP contribution in [0.3, 0.4) is 0 Å². The second-order valence-electron chi connectivity index (χ2n) is 4.64. The van der Waals surface area contributed by atoms with Gasteiger partial charge in [0.25, 0.3) is 5.91 Å². The van der Waals surface area contributed by atoms with Gasteiger partial charge in [-0.25, -0.2) is 0 Å². The zero-order chi connectivity index (χ0) is 14.9. The van der Waals surface area contributed by atoms with Gasteiger partial charge in [-0.15, -0.1) is 0 Å². The molecule has 2 N–H and O–H groups in total. The number of amides is 1. The third kappa shape index (κ3) is 4.70. The summed E-state index contributed by atoms with van der Waals surface area (Å²) in [6.45, 7) is 1.37. The average Bonchev–Trinajstić information content (AvgIpc) is 2.54. The molecule has 0 saturated carbocycles. The molecule has 0 aliphatic heterocycles. The summed E-state index contributed by atoms with van der Waals surface area (Å²) in [6, 6.07) is 19.5. The van der Waals surface area contributed by atoms with Gasteiger partial charge in [-0.2, -0.15) is 0 Å². The summed E-state index contributed by atoms with van der Waals surface area (Å²) in [5, 5.41) is 0. The van der Waals surface area contributed by atoms with Crippen LogP contribution >= 0.6 is 0 Å². The van der Waals surface area contributed by atoms with Crippen LogP contribution < -0.4 is 10.6 Å². The molecule has 0 fully saturated rings. The van der Waals surface area contributed by atoms with Gasteiger partial charge in [-0.1, -0.05) is 48.5 Å². The van der Waals surface area contributed by atoms with E-state index in [0.29, 0.717) is 19.7 Å². The fourth-order valence-corrected chi connectivity index (χ4v) is 2.02. The quantitative estimate of drug-likeness (QED) is 0.793. The molecule has 0 unspecified atom stereocenters. The molecule has 4 nitrogen and oxygen atoms in total. The van der Waals surface area contributed by atoms with Crippen molar-refractivity contribution in [1.29, 1.82) is 0 Å².